The monoisotopic (exact) mass is 397 g/mol. The van der Waals surface area contributed by atoms with E-state index in [1.54, 1.807) is 6.07 Å². The zero-order valence-electron chi connectivity index (χ0n) is 16.8. The van der Waals surface area contributed by atoms with Crippen LogP contribution in [0.2, 0.25) is 0 Å². The third-order valence-electron chi connectivity index (χ3n) is 4.84. The van der Waals surface area contributed by atoms with Crippen LogP contribution in [0.25, 0.3) is 0 Å². The van der Waals surface area contributed by atoms with Crippen LogP contribution < -0.4 is 14.8 Å². The van der Waals surface area contributed by atoms with E-state index in [4.69, 9.17) is 4.74 Å². The molecule has 1 fully saturated rings. The van der Waals surface area contributed by atoms with Gasteiger partial charge in [0.05, 0.1) is 7.11 Å². The number of piperidine rings is 1. The van der Waals surface area contributed by atoms with Gasteiger partial charge in [-0.2, -0.15) is 0 Å². The topological polar surface area (TPSA) is 87.7 Å². The number of carbonyl (C=O) groups excluding carboxylic acids is 1. The van der Waals surface area contributed by atoms with E-state index in [0.717, 1.165) is 19.6 Å². The Balaban J connectivity index is 2.08. The number of amides is 1. The van der Waals surface area contributed by atoms with E-state index in [0.29, 0.717) is 11.8 Å². The number of benzene rings is 1. The molecule has 8 heteroatoms. The Bertz CT molecular complexity index is 756. The molecule has 0 aliphatic carbocycles. The van der Waals surface area contributed by atoms with E-state index in [1.807, 2.05) is 6.92 Å². The van der Waals surface area contributed by atoms with E-state index in [1.165, 1.54) is 32.7 Å². The molecule has 0 saturated carbocycles. The normalized spacial score (nSPS) is 22.3. The summed E-state index contributed by atoms with van der Waals surface area (Å²) in [5.41, 5.74) is 0.289. The molecule has 3 atom stereocenters. The number of likely N-dealkylation sites (tertiary alicyclic amines) is 1. The van der Waals surface area contributed by atoms with Crippen molar-refractivity contribution in [3.05, 3.63) is 23.8 Å². The standard InChI is InChI=1S/C19H31N3O4S/c1-13-8-14(2)11-22(10-13)12-15(3)21-19(23)16-6-7-17(26-5)18(9-16)27(24,25)20-4/h6-7,9,13-15,20H,8,10-12H2,1-5H3,(H,21,23). The largest absolute Gasteiger partial charge is 0.495 e. The van der Waals surface area contributed by atoms with Crippen molar-refractivity contribution in [3.8, 4) is 5.75 Å². The van der Waals surface area contributed by atoms with E-state index >= 15 is 0 Å². The summed E-state index contributed by atoms with van der Waals surface area (Å²) in [5.74, 6) is 1.22. The van der Waals surface area contributed by atoms with Gasteiger partial charge in [-0.3, -0.25) is 4.79 Å². The molecule has 1 aliphatic heterocycles. The molecule has 0 bridgehead atoms. The first-order chi connectivity index (χ1) is 12.7. The predicted molar refractivity (Wildman–Crippen MR) is 106 cm³/mol. The summed E-state index contributed by atoms with van der Waals surface area (Å²) in [7, 11) is -1.00. The van der Waals surface area contributed by atoms with Crippen molar-refractivity contribution in [2.24, 2.45) is 11.8 Å². The van der Waals surface area contributed by atoms with Gasteiger partial charge in [-0.25, -0.2) is 13.1 Å². The van der Waals surface area contributed by atoms with E-state index in [9.17, 15) is 13.2 Å². The van der Waals surface area contributed by atoms with Gasteiger partial charge in [0.1, 0.15) is 10.6 Å². The molecule has 3 unspecified atom stereocenters. The quantitative estimate of drug-likeness (QED) is 0.731. The molecule has 1 heterocycles. The molecule has 1 aromatic carbocycles. The lowest BCUT2D eigenvalue weighted by Crippen LogP contribution is -2.47. The van der Waals surface area contributed by atoms with Gasteiger partial charge in [-0.15, -0.1) is 0 Å². The van der Waals surface area contributed by atoms with E-state index in [-0.39, 0.29) is 28.2 Å². The summed E-state index contributed by atoms with van der Waals surface area (Å²) in [6.07, 6.45) is 1.24. The Morgan fingerprint density at radius 1 is 1.30 bits per heavy atom. The minimum Gasteiger partial charge on any atom is -0.495 e. The van der Waals surface area contributed by atoms with Gasteiger partial charge in [0.25, 0.3) is 5.91 Å². The minimum absolute atomic E-state index is 0.0403. The zero-order chi connectivity index (χ0) is 20.2. The third kappa shape index (κ3) is 5.67. The van der Waals surface area contributed by atoms with Gasteiger partial charge < -0.3 is 15.0 Å². The highest BCUT2D eigenvalue weighted by atomic mass is 32.2. The summed E-state index contributed by atoms with van der Waals surface area (Å²) in [6.45, 7) is 9.34. The average molecular weight is 398 g/mol. The molecule has 2 rings (SSSR count). The number of rotatable bonds is 7. The number of hydrogen-bond donors (Lipinski definition) is 2. The van der Waals surface area contributed by atoms with Gasteiger partial charge in [-0.05, 0) is 50.4 Å². The molecular formula is C19H31N3O4S. The molecular weight excluding hydrogens is 366 g/mol. The fourth-order valence-corrected chi connectivity index (χ4v) is 4.74. The van der Waals surface area contributed by atoms with Crippen LogP contribution in [0.3, 0.4) is 0 Å². The Labute approximate surface area is 162 Å². The number of methoxy groups -OCH3 is 1. The van der Waals surface area contributed by atoms with Crippen molar-refractivity contribution >= 4 is 15.9 Å². The van der Waals surface area contributed by atoms with Gasteiger partial charge in [-0.1, -0.05) is 13.8 Å². The molecule has 1 amide bonds. The smallest absolute Gasteiger partial charge is 0.251 e. The van der Waals surface area contributed by atoms with Crippen LogP contribution in [0, 0.1) is 11.8 Å². The minimum atomic E-state index is -3.72. The second-order valence-electron chi connectivity index (χ2n) is 7.61. The summed E-state index contributed by atoms with van der Waals surface area (Å²) < 4.78 is 31.7. The molecule has 0 aromatic heterocycles. The van der Waals surface area contributed by atoms with Gasteiger partial charge in [0.2, 0.25) is 10.0 Å². The molecule has 0 radical (unpaired) electrons. The van der Waals surface area contributed by atoms with Crippen molar-refractivity contribution in [1.29, 1.82) is 0 Å². The molecule has 0 spiro atoms. The summed E-state index contributed by atoms with van der Waals surface area (Å²) >= 11 is 0. The van der Waals surface area contributed by atoms with Gasteiger partial charge in [0.15, 0.2) is 0 Å². The van der Waals surface area contributed by atoms with Crippen molar-refractivity contribution in [3.63, 3.8) is 0 Å². The molecule has 1 aromatic rings. The maximum atomic E-state index is 12.6. The van der Waals surface area contributed by atoms with Crippen LogP contribution in [-0.4, -0.2) is 59.1 Å². The van der Waals surface area contributed by atoms with Crippen molar-refractivity contribution in [2.75, 3.05) is 33.8 Å². The van der Waals surface area contributed by atoms with Crippen LogP contribution in [0.1, 0.15) is 37.6 Å². The first-order valence-electron chi connectivity index (χ1n) is 9.31. The molecule has 1 aliphatic rings. The van der Waals surface area contributed by atoms with Crippen LogP contribution in [0.5, 0.6) is 5.75 Å². The highest BCUT2D eigenvalue weighted by Crippen LogP contribution is 2.25. The summed E-state index contributed by atoms with van der Waals surface area (Å²) in [4.78, 5) is 14.9. The Kier molecular flexibility index (Phi) is 7.25. The number of nitrogens with one attached hydrogen (secondary N) is 2. The van der Waals surface area contributed by atoms with Crippen LogP contribution in [-0.2, 0) is 10.0 Å². The fourth-order valence-electron chi connectivity index (χ4n) is 3.82. The van der Waals surface area contributed by atoms with E-state index < -0.39 is 10.0 Å². The molecule has 27 heavy (non-hydrogen) atoms. The maximum absolute atomic E-state index is 12.6. The lowest BCUT2D eigenvalue weighted by Gasteiger charge is -2.36. The lowest BCUT2D eigenvalue weighted by molar-refractivity contribution is 0.0904. The average Bonchev–Trinajstić information content (AvgIpc) is 2.60. The molecule has 2 N–H and O–H groups in total. The second-order valence-corrected chi connectivity index (χ2v) is 9.47. The van der Waals surface area contributed by atoms with Gasteiger partial charge in [0, 0.05) is 31.2 Å². The first kappa shape index (κ1) is 21.7. The number of carbonyl (C=O) groups is 1. The fraction of sp³-hybridized carbons (Fsp3) is 0.632. The summed E-state index contributed by atoms with van der Waals surface area (Å²) in [5, 5.41) is 2.97. The van der Waals surface area contributed by atoms with Crippen LogP contribution in [0.4, 0.5) is 0 Å². The Hall–Kier alpha value is -1.64. The van der Waals surface area contributed by atoms with Gasteiger partial charge >= 0.3 is 0 Å². The van der Waals surface area contributed by atoms with E-state index in [2.05, 4.69) is 28.8 Å². The maximum Gasteiger partial charge on any atom is 0.251 e. The lowest BCUT2D eigenvalue weighted by atomic mass is 9.92. The Morgan fingerprint density at radius 2 is 1.93 bits per heavy atom. The predicted octanol–water partition coefficient (Wildman–Crippen LogP) is 1.70. The zero-order valence-corrected chi connectivity index (χ0v) is 17.6. The molecule has 7 nitrogen and oxygen atoms in total. The molecule has 1 saturated heterocycles. The van der Waals surface area contributed by atoms with Crippen molar-refractivity contribution < 1.29 is 17.9 Å². The SMILES string of the molecule is CNS(=O)(=O)c1cc(C(=O)NC(C)CN2CC(C)CC(C)C2)ccc1OC. The first-order valence-corrected chi connectivity index (χ1v) is 10.8. The number of sulfonamides is 1. The Morgan fingerprint density at radius 3 is 2.48 bits per heavy atom. The highest BCUT2D eigenvalue weighted by Gasteiger charge is 2.24. The highest BCUT2D eigenvalue weighted by molar-refractivity contribution is 7.89. The number of ether oxygens (including phenoxy) is 1. The number of hydrogen-bond acceptors (Lipinski definition) is 5. The number of nitrogens with zero attached hydrogens (tertiary/aromatic N) is 1. The third-order valence-corrected chi connectivity index (χ3v) is 6.27. The van der Waals surface area contributed by atoms with Crippen molar-refractivity contribution in [2.45, 2.75) is 38.1 Å². The second kappa shape index (κ2) is 9.03. The molecule has 152 valence electrons. The van der Waals surface area contributed by atoms with Crippen LogP contribution >= 0.6 is 0 Å². The van der Waals surface area contributed by atoms with Crippen LogP contribution in [0.15, 0.2) is 23.1 Å². The summed E-state index contributed by atoms with van der Waals surface area (Å²) in [6, 6.07) is 4.37. The van der Waals surface area contributed by atoms with Crippen molar-refractivity contribution in [1.82, 2.24) is 14.9 Å².